The monoisotopic (exact) mass is 595 g/mol. The predicted octanol–water partition coefficient (Wildman–Crippen LogP) is 6.41. The standard InChI is InChI=1S/C29H31Cl2N7O3/c1-39-23-16-24(40-2)27(31)28(26(23)30)37-29-19(6-5-9-33-29)22-15-25(35-17-34-22)36-21-8-7-18(14-20(21)32)41-13-12-38-10-3-4-11-38/h5-9,14-17H,3-4,10-13,32H2,1-2H3,(H,33,37)(H,34,35,36). The third-order valence-corrected chi connectivity index (χ3v) is 7.48. The number of aromatic nitrogens is 3. The van der Waals surface area contributed by atoms with E-state index >= 15 is 0 Å². The quantitative estimate of drug-likeness (QED) is 0.168. The van der Waals surface area contributed by atoms with E-state index in [9.17, 15) is 0 Å². The normalized spacial score (nSPS) is 13.2. The fourth-order valence-corrected chi connectivity index (χ4v) is 5.17. The second kappa shape index (κ2) is 13.1. The van der Waals surface area contributed by atoms with Gasteiger partial charge in [-0.1, -0.05) is 23.2 Å². The van der Waals surface area contributed by atoms with Gasteiger partial charge in [0.15, 0.2) is 0 Å². The number of pyridine rings is 1. The third kappa shape index (κ3) is 6.67. The van der Waals surface area contributed by atoms with Crippen molar-refractivity contribution < 1.29 is 14.2 Å². The Balaban J connectivity index is 1.34. The minimum atomic E-state index is 0.291. The lowest BCUT2D eigenvalue weighted by Crippen LogP contribution is -2.25. The van der Waals surface area contributed by atoms with E-state index < -0.39 is 0 Å². The number of rotatable bonds is 11. The lowest BCUT2D eigenvalue weighted by molar-refractivity contribution is 0.238. The molecule has 0 spiro atoms. The van der Waals surface area contributed by atoms with Crippen molar-refractivity contribution in [2.75, 3.05) is 56.8 Å². The van der Waals surface area contributed by atoms with Crippen LogP contribution in [0.5, 0.6) is 17.2 Å². The summed E-state index contributed by atoms with van der Waals surface area (Å²) in [4.78, 5) is 15.8. The van der Waals surface area contributed by atoms with Gasteiger partial charge < -0.3 is 30.6 Å². The molecule has 1 saturated heterocycles. The number of ether oxygens (including phenoxy) is 3. The van der Waals surface area contributed by atoms with Crippen LogP contribution in [-0.4, -0.2) is 60.3 Å². The molecule has 1 fully saturated rings. The summed E-state index contributed by atoms with van der Waals surface area (Å²) >= 11 is 13.2. The van der Waals surface area contributed by atoms with Crippen molar-refractivity contribution in [2.45, 2.75) is 12.8 Å². The topological polar surface area (TPSA) is 120 Å². The molecule has 2 aromatic heterocycles. The summed E-state index contributed by atoms with van der Waals surface area (Å²) < 4.78 is 16.7. The summed E-state index contributed by atoms with van der Waals surface area (Å²) in [6.07, 6.45) is 5.64. The molecular formula is C29H31Cl2N7O3. The maximum Gasteiger partial charge on any atom is 0.143 e. The molecule has 10 nitrogen and oxygen atoms in total. The molecule has 1 aliphatic heterocycles. The minimum Gasteiger partial charge on any atom is -0.495 e. The van der Waals surface area contributed by atoms with Gasteiger partial charge in [0.2, 0.25) is 0 Å². The van der Waals surface area contributed by atoms with Gasteiger partial charge in [-0.25, -0.2) is 15.0 Å². The SMILES string of the molecule is COc1cc(OC)c(Cl)c(Nc2ncccc2-c2cc(Nc3ccc(OCCN4CCCC4)cc3N)ncn2)c1Cl. The van der Waals surface area contributed by atoms with E-state index in [2.05, 4.69) is 30.5 Å². The molecule has 12 heteroatoms. The molecule has 0 atom stereocenters. The van der Waals surface area contributed by atoms with Crippen LogP contribution >= 0.6 is 23.2 Å². The van der Waals surface area contributed by atoms with Crippen molar-refractivity contribution in [3.8, 4) is 28.5 Å². The molecule has 2 aromatic carbocycles. The molecule has 0 saturated carbocycles. The van der Waals surface area contributed by atoms with Crippen molar-refractivity contribution in [3.05, 3.63) is 65.0 Å². The lowest BCUT2D eigenvalue weighted by atomic mass is 10.1. The van der Waals surface area contributed by atoms with E-state index in [1.165, 1.54) is 33.4 Å². The molecule has 4 N–H and O–H groups in total. The summed E-state index contributed by atoms with van der Waals surface area (Å²) in [7, 11) is 3.03. The van der Waals surface area contributed by atoms with E-state index in [0.717, 1.165) is 25.4 Å². The van der Waals surface area contributed by atoms with Gasteiger partial charge in [0.05, 0.1) is 37.0 Å². The van der Waals surface area contributed by atoms with Crippen LogP contribution in [0.25, 0.3) is 11.3 Å². The van der Waals surface area contributed by atoms with Crippen molar-refractivity contribution >= 4 is 51.9 Å². The molecule has 0 unspecified atom stereocenters. The van der Waals surface area contributed by atoms with Crippen LogP contribution in [0.15, 0.2) is 55.0 Å². The van der Waals surface area contributed by atoms with Crippen molar-refractivity contribution in [2.24, 2.45) is 0 Å². The number of anilines is 5. The van der Waals surface area contributed by atoms with Crippen LogP contribution in [0.4, 0.5) is 28.7 Å². The number of hydrogen-bond donors (Lipinski definition) is 3. The zero-order valence-electron chi connectivity index (χ0n) is 22.8. The molecule has 41 heavy (non-hydrogen) atoms. The number of methoxy groups -OCH3 is 2. The first-order valence-electron chi connectivity index (χ1n) is 13.1. The van der Waals surface area contributed by atoms with Crippen molar-refractivity contribution in [1.82, 2.24) is 19.9 Å². The maximum atomic E-state index is 6.58. The van der Waals surface area contributed by atoms with Gasteiger partial charge in [-0.3, -0.25) is 4.90 Å². The van der Waals surface area contributed by atoms with Gasteiger partial charge >= 0.3 is 0 Å². The average molecular weight is 597 g/mol. The van der Waals surface area contributed by atoms with Crippen LogP contribution in [-0.2, 0) is 0 Å². The van der Waals surface area contributed by atoms with E-state index in [4.69, 9.17) is 43.1 Å². The van der Waals surface area contributed by atoms with Gasteiger partial charge in [0, 0.05) is 36.5 Å². The fraction of sp³-hybridized carbons (Fsp3) is 0.276. The second-order valence-corrected chi connectivity index (χ2v) is 10.1. The first-order chi connectivity index (χ1) is 20.0. The number of halogens is 2. The van der Waals surface area contributed by atoms with Gasteiger partial charge in [-0.05, 0) is 50.2 Å². The number of hydrogen-bond acceptors (Lipinski definition) is 10. The molecule has 4 aromatic rings. The van der Waals surface area contributed by atoms with E-state index in [0.29, 0.717) is 68.1 Å². The van der Waals surface area contributed by atoms with Crippen molar-refractivity contribution in [1.29, 1.82) is 0 Å². The maximum absolute atomic E-state index is 6.58. The summed E-state index contributed by atoms with van der Waals surface area (Å²) in [5.41, 5.74) is 9.29. The van der Waals surface area contributed by atoms with E-state index in [1.807, 2.05) is 30.3 Å². The molecule has 0 aliphatic carbocycles. The molecule has 214 valence electrons. The summed E-state index contributed by atoms with van der Waals surface area (Å²) in [6.45, 7) is 3.83. The Kier molecular flexibility index (Phi) is 9.13. The van der Waals surface area contributed by atoms with Gasteiger partial charge in [-0.2, -0.15) is 0 Å². The highest BCUT2D eigenvalue weighted by atomic mass is 35.5. The highest BCUT2D eigenvalue weighted by molar-refractivity contribution is 6.41. The molecule has 0 amide bonds. The third-order valence-electron chi connectivity index (χ3n) is 6.73. The lowest BCUT2D eigenvalue weighted by Gasteiger charge is -2.17. The Bertz CT molecular complexity index is 1490. The van der Waals surface area contributed by atoms with Crippen LogP contribution < -0.4 is 30.6 Å². The Morgan fingerprint density at radius 1 is 0.927 bits per heavy atom. The smallest absolute Gasteiger partial charge is 0.143 e. The van der Waals surface area contributed by atoms with Gasteiger partial charge in [0.25, 0.3) is 0 Å². The molecule has 1 aliphatic rings. The zero-order chi connectivity index (χ0) is 28.8. The molecule has 0 bridgehead atoms. The van der Waals surface area contributed by atoms with Gasteiger partial charge in [0.1, 0.15) is 51.9 Å². The van der Waals surface area contributed by atoms with Crippen LogP contribution in [0.1, 0.15) is 12.8 Å². The first-order valence-corrected chi connectivity index (χ1v) is 13.9. The Morgan fingerprint density at radius 2 is 1.68 bits per heavy atom. The number of nitrogens with one attached hydrogen (secondary N) is 2. The number of nitrogen functional groups attached to an aromatic ring is 1. The average Bonchev–Trinajstić information content (AvgIpc) is 3.51. The largest absolute Gasteiger partial charge is 0.495 e. The highest BCUT2D eigenvalue weighted by Gasteiger charge is 2.20. The molecule has 3 heterocycles. The number of likely N-dealkylation sites (tertiary alicyclic amines) is 1. The van der Waals surface area contributed by atoms with E-state index in [-0.39, 0.29) is 0 Å². The van der Waals surface area contributed by atoms with Gasteiger partial charge in [-0.15, -0.1) is 0 Å². The second-order valence-electron chi connectivity index (χ2n) is 9.37. The Hall–Kier alpha value is -3.99. The Morgan fingerprint density at radius 3 is 2.39 bits per heavy atom. The summed E-state index contributed by atoms with van der Waals surface area (Å²) in [5.74, 6) is 2.57. The summed E-state index contributed by atoms with van der Waals surface area (Å²) in [6, 6.07) is 12.7. The minimum absolute atomic E-state index is 0.291. The van der Waals surface area contributed by atoms with E-state index in [1.54, 1.807) is 18.3 Å². The van der Waals surface area contributed by atoms with Crippen molar-refractivity contribution in [3.63, 3.8) is 0 Å². The predicted molar refractivity (Wildman–Crippen MR) is 163 cm³/mol. The number of benzene rings is 2. The Labute approximate surface area is 248 Å². The van der Waals surface area contributed by atoms with Crippen LogP contribution in [0, 0.1) is 0 Å². The molecule has 0 radical (unpaired) electrons. The van der Waals surface area contributed by atoms with Crippen LogP contribution in [0.3, 0.4) is 0 Å². The number of nitrogens with zero attached hydrogens (tertiary/aromatic N) is 4. The zero-order valence-corrected chi connectivity index (χ0v) is 24.3. The highest BCUT2D eigenvalue weighted by Crippen LogP contribution is 2.45. The van der Waals surface area contributed by atoms with Crippen LogP contribution in [0.2, 0.25) is 10.0 Å². The molecule has 5 rings (SSSR count). The first kappa shape index (κ1) is 28.5. The summed E-state index contributed by atoms with van der Waals surface area (Å²) in [5, 5.41) is 7.08. The number of nitrogens with two attached hydrogens (primary N) is 1. The fourth-order valence-electron chi connectivity index (χ4n) is 4.58. The molecular weight excluding hydrogens is 565 g/mol.